The van der Waals surface area contributed by atoms with E-state index in [0.29, 0.717) is 5.69 Å². The molecule has 0 unspecified atom stereocenters. The Morgan fingerprint density at radius 1 is 1.50 bits per heavy atom. The molecule has 0 fully saturated rings. The highest BCUT2D eigenvalue weighted by Crippen LogP contribution is 2.25. The number of benzene rings is 1. The van der Waals surface area contributed by atoms with Crippen molar-refractivity contribution in [2.24, 2.45) is 0 Å². The quantitative estimate of drug-likeness (QED) is 0.530. The van der Waals surface area contributed by atoms with E-state index in [1.54, 1.807) is 0 Å². The summed E-state index contributed by atoms with van der Waals surface area (Å²) in [5.41, 5.74) is -0.301. The van der Waals surface area contributed by atoms with Gasteiger partial charge in [-0.15, -0.1) is 5.10 Å². The van der Waals surface area contributed by atoms with E-state index in [4.69, 9.17) is 12.2 Å². The van der Waals surface area contributed by atoms with Gasteiger partial charge < -0.3 is 5.32 Å². The first-order chi connectivity index (χ1) is 9.49. The van der Waals surface area contributed by atoms with Gasteiger partial charge in [0.05, 0.1) is 4.92 Å². The summed E-state index contributed by atoms with van der Waals surface area (Å²) in [6.45, 7) is 0. The van der Waals surface area contributed by atoms with Crippen molar-refractivity contribution >= 4 is 40.1 Å². The first-order valence-corrected chi connectivity index (χ1v) is 6.33. The fourth-order valence-electron chi connectivity index (χ4n) is 1.38. The monoisotopic (exact) mass is 316 g/mol. The number of nitrogens with zero attached hydrogens (tertiary/aromatic N) is 3. The summed E-state index contributed by atoms with van der Waals surface area (Å²) >= 11 is 5.73. The van der Waals surface area contributed by atoms with Crippen LogP contribution in [0.1, 0.15) is 17.0 Å². The Balaban J connectivity index is 2.21. The topological polar surface area (TPSA) is 81.0 Å². The molecule has 20 heavy (non-hydrogen) atoms. The lowest BCUT2D eigenvalue weighted by molar-refractivity contribution is -0.384. The molecule has 0 aliphatic rings. The van der Waals surface area contributed by atoms with Crippen molar-refractivity contribution < 1.29 is 13.7 Å². The molecule has 0 spiro atoms. The van der Waals surface area contributed by atoms with Crippen LogP contribution in [0.3, 0.4) is 0 Å². The Morgan fingerprint density at radius 2 is 2.25 bits per heavy atom. The van der Waals surface area contributed by atoms with Crippen molar-refractivity contribution in [3.05, 3.63) is 45.0 Å². The van der Waals surface area contributed by atoms with Gasteiger partial charge in [0, 0.05) is 17.8 Å². The van der Waals surface area contributed by atoms with Gasteiger partial charge in [0.25, 0.3) is 12.1 Å². The Hall–Kier alpha value is -2.07. The normalized spacial score (nSPS) is 10.6. The number of aromatic nitrogens is 2. The standard InChI is InChI=1S/C10H6F2N4O2S2/c11-9(12)7-8(20-15-14-7)10(19)13-5-2-1-3-6(4-5)16(17)18/h1-4,9H,(H,13,19). The third kappa shape index (κ3) is 3.08. The Labute approximate surface area is 120 Å². The van der Waals surface area contributed by atoms with Crippen LogP contribution >= 0.6 is 23.8 Å². The second-order valence-corrected chi connectivity index (χ2v) is 4.71. The van der Waals surface area contributed by atoms with Crippen molar-refractivity contribution in [1.29, 1.82) is 0 Å². The average molecular weight is 316 g/mol. The van der Waals surface area contributed by atoms with Gasteiger partial charge in [-0.25, -0.2) is 8.78 Å². The van der Waals surface area contributed by atoms with Gasteiger partial charge >= 0.3 is 0 Å². The van der Waals surface area contributed by atoms with Crippen molar-refractivity contribution in [3.8, 4) is 0 Å². The molecule has 1 aromatic heterocycles. The zero-order valence-electron chi connectivity index (χ0n) is 9.62. The van der Waals surface area contributed by atoms with Crippen LogP contribution in [0.2, 0.25) is 0 Å². The highest BCUT2D eigenvalue weighted by molar-refractivity contribution is 7.81. The number of rotatable bonds is 4. The maximum Gasteiger partial charge on any atom is 0.283 e. The van der Waals surface area contributed by atoms with E-state index >= 15 is 0 Å². The van der Waals surface area contributed by atoms with Gasteiger partial charge in [0.2, 0.25) is 0 Å². The van der Waals surface area contributed by atoms with Crippen LogP contribution in [0, 0.1) is 10.1 Å². The lowest BCUT2D eigenvalue weighted by atomic mass is 10.2. The summed E-state index contributed by atoms with van der Waals surface area (Å²) in [5, 5.41) is 16.6. The van der Waals surface area contributed by atoms with Crippen LogP contribution in [-0.2, 0) is 0 Å². The molecule has 6 nitrogen and oxygen atoms in total. The molecule has 1 aromatic carbocycles. The van der Waals surface area contributed by atoms with E-state index in [9.17, 15) is 18.9 Å². The van der Waals surface area contributed by atoms with Crippen LogP contribution in [0.25, 0.3) is 0 Å². The average Bonchev–Trinajstić information content (AvgIpc) is 2.88. The molecule has 0 aliphatic carbocycles. The van der Waals surface area contributed by atoms with Crippen LogP contribution in [-0.4, -0.2) is 19.5 Å². The second-order valence-electron chi connectivity index (χ2n) is 3.55. The largest absolute Gasteiger partial charge is 0.345 e. The van der Waals surface area contributed by atoms with E-state index in [1.165, 1.54) is 24.3 Å². The van der Waals surface area contributed by atoms with E-state index in [0.717, 1.165) is 11.5 Å². The van der Waals surface area contributed by atoms with E-state index < -0.39 is 17.0 Å². The Morgan fingerprint density at radius 3 is 2.90 bits per heavy atom. The summed E-state index contributed by atoms with van der Waals surface area (Å²) in [7, 11) is 0. The lowest BCUT2D eigenvalue weighted by Gasteiger charge is -2.06. The third-order valence-corrected chi connectivity index (χ3v) is 3.44. The summed E-state index contributed by atoms with van der Waals surface area (Å²) in [6.07, 6.45) is -2.78. The highest BCUT2D eigenvalue weighted by atomic mass is 32.1. The number of non-ortho nitro benzene ring substituents is 1. The molecule has 0 atom stereocenters. The molecule has 0 aliphatic heterocycles. The number of halogens is 2. The molecule has 10 heteroatoms. The molecule has 0 amide bonds. The minimum absolute atomic E-state index is 0.00389. The second kappa shape index (κ2) is 5.92. The van der Waals surface area contributed by atoms with Crippen LogP contribution in [0.15, 0.2) is 24.3 Å². The molecule has 104 valence electrons. The lowest BCUT2D eigenvalue weighted by Crippen LogP contribution is -2.11. The van der Waals surface area contributed by atoms with Crippen molar-refractivity contribution in [3.63, 3.8) is 0 Å². The summed E-state index contributed by atoms with van der Waals surface area (Å²) < 4.78 is 28.7. The number of nitrogens with one attached hydrogen (secondary N) is 1. The number of hydrogen-bond acceptors (Lipinski definition) is 6. The van der Waals surface area contributed by atoms with E-state index in [1.807, 2.05) is 0 Å². The zero-order valence-corrected chi connectivity index (χ0v) is 11.3. The molecule has 2 aromatic rings. The first-order valence-electron chi connectivity index (χ1n) is 5.15. The number of nitro groups is 1. The minimum Gasteiger partial charge on any atom is -0.345 e. The highest BCUT2D eigenvalue weighted by Gasteiger charge is 2.21. The van der Waals surface area contributed by atoms with Gasteiger partial charge in [-0.3, -0.25) is 10.1 Å². The third-order valence-electron chi connectivity index (χ3n) is 2.24. The SMILES string of the molecule is O=[N+]([O-])c1cccc(NC(=S)c2snnc2C(F)F)c1. The Bertz CT molecular complexity index is 662. The fraction of sp³-hybridized carbons (Fsp3) is 0.100. The van der Waals surface area contributed by atoms with Crippen LogP contribution < -0.4 is 5.32 Å². The smallest absolute Gasteiger partial charge is 0.283 e. The number of hydrogen-bond donors (Lipinski definition) is 1. The van der Waals surface area contributed by atoms with Gasteiger partial charge in [-0.05, 0) is 17.6 Å². The maximum absolute atomic E-state index is 12.7. The van der Waals surface area contributed by atoms with Gasteiger partial charge in [-0.1, -0.05) is 22.8 Å². The van der Waals surface area contributed by atoms with Crippen LogP contribution in [0.5, 0.6) is 0 Å². The maximum atomic E-state index is 12.7. The predicted molar refractivity (Wildman–Crippen MR) is 73.3 cm³/mol. The van der Waals surface area contributed by atoms with E-state index in [2.05, 4.69) is 14.9 Å². The number of nitro benzene ring substituents is 1. The first kappa shape index (κ1) is 14.3. The summed E-state index contributed by atoms with van der Waals surface area (Å²) in [5.74, 6) is 0. The van der Waals surface area contributed by atoms with Gasteiger partial charge in [0.1, 0.15) is 9.87 Å². The minimum atomic E-state index is -2.78. The van der Waals surface area contributed by atoms with Gasteiger partial charge in [0.15, 0.2) is 5.69 Å². The molecule has 0 bridgehead atoms. The number of thiocarbonyl (C=S) groups is 1. The molecule has 2 rings (SSSR count). The molecule has 0 radical (unpaired) electrons. The summed E-state index contributed by atoms with van der Waals surface area (Å²) in [4.78, 5) is 10.1. The molecule has 1 heterocycles. The van der Waals surface area contributed by atoms with Crippen molar-refractivity contribution in [2.45, 2.75) is 6.43 Å². The molecule has 0 saturated carbocycles. The molecule has 0 saturated heterocycles. The van der Waals surface area contributed by atoms with E-state index in [-0.39, 0.29) is 15.6 Å². The molecule has 1 N–H and O–H groups in total. The zero-order chi connectivity index (χ0) is 14.7. The molecular weight excluding hydrogens is 310 g/mol. The molecular formula is C10H6F2N4O2S2. The predicted octanol–water partition coefficient (Wildman–Crippen LogP) is 3.17. The summed E-state index contributed by atoms with van der Waals surface area (Å²) in [6, 6.07) is 5.56. The number of alkyl halides is 2. The van der Waals surface area contributed by atoms with Crippen molar-refractivity contribution in [2.75, 3.05) is 5.32 Å². The number of anilines is 1. The van der Waals surface area contributed by atoms with Crippen molar-refractivity contribution in [1.82, 2.24) is 9.59 Å². The fourth-order valence-corrected chi connectivity index (χ4v) is 2.29. The Kier molecular flexibility index (Phi) is 4.25. The van der Waals surface area contributed by atoms with Crippen LogP contribution in [0.4, 0.5) is 20.2 Å². The van der Waals surface area contributed by atoms with Gasteiger partial charge in [-0.2, -0.15) is 0 Å².